The number of hydrogen-bond acceptors (Lipinski definition) is 2. The first-order valence-corrected chi connectivity index (χ1v) is 6.48. The van der Waals surface area contributed by atoms with Gasteiger partial charge in [0.2, 0.25) is 0 Å². The zero-order valence-corrected chi connectivity index (χ0v) is 11.9. The van der Waals surface area contributed by atoms with Gasteiger partial charge in [-0.3, -0.25) is 0 Å². The molecule has 0 unspecified atom stereocenters. The molecule has 0 aliphatic carbocycles. The van der Waals surface area contributed by atoms with Crippen molar-refractivity contribution in [2.24, 2.45) is 0 Å². The molecule has 0 saturated heterocycles. The van der Waals surface area contributed by atoms with Crippen LogP contribution in [-0.2, 0) is 0 Å². The van der Waals surface area contributed by atoms with Crippen molar-refractivity contribution in [3.8, 4) is 11.3 Å². The minimum Gasteiger partial charge on any atom is -0.233 e. The van der Waals surface area contributed by atoms with Crippen LogP contribution in [-0.4, -0.2) is 9.97 Å². The molecule has 18 heavy (non-hydrogen) atoms. The molecule has 0 N–H and O–H groups in total. The van der Waals surface area contributed by atoms with Crippen LogP contribution in [0.2, 0.25) is 5.15 Å². The van der Waals surface area contributed by atoms with Crippen molar-refractivity contribution in [2.75, 3.05) is 0 Å². The predicted molar refractivity (Wildman–Crippen MR) is 76.0 cm³/mol. The van der Waals surface area contributed by atoms with Gasteiger partial charge in [0.25, 0.3) is 0 Å². The smallest absolute Gasteiger partial charge is 0.136 e. The average Bonchev–Trinajstić information content (AvgIpc) is 2.34. The van der Waals surface area contributed by atoms with Gasteiger partial charge in [-0.2, -0.15) is 0 Å². The number of benzene rings is 1. The summed E-state index contributed by atoms with van der Waals surface area (Å²) >= 11 is 6.10. The molecule has 0 bridgehead atoms. The number of nitrogens with zero attached hydrogens (tertiary/aromatic N) is 2. The maximum Gasteiger partial charge on any atom is 0.136 e. The molecule has 0 atom stereocenters. The van der Waals surface area contributed by atoms with Gasteiger partial charge in [-0.15, -0.1) is 0 Å². The summed E-state index contributed by atoms with van der Waals surface area (Å²) in [6, 6.07) is 8.48. The van der Waals surface area contributed by atoms with Crippen LogP contribution in [0.15, 0.2) is 24.3 Å². The molecule has 1 aromatic carbocycles. The summed E-state index contributed by atoms with van der Waals surface area (Å²) in [4.78, 5) is 8.64. The lowest BCUT2D eigenvalue weighted by atomic mass is 10.00. The Kier molecular flexibility index (Phi) is 3.67. The standard InChI is InChI=1S/C15H17ClN2/c1-9(2)12-5-7-13(8-6-12)14-10(3)15(16)18-11(4)17-14/h5-9H,1-4H3. The first-order valence-electron chi connectivity index (χ1n) is 6.10. The van der Waals surface area contributed by atoms with Crippen molar-refractivity contribution in [1.82, 2.24) is 9.97 Å². The van der Waals surface area contributed by atoms with E-state index in [1.54, 1.807) is 0 Å². The van der Waals surface area contributed by atoms with Crippen LogP contribution in [0.1, 0.15) is 36.7 Å². The number of halogens is 1. The molecule has 0 aliphatic rings. The Morgan fingerprint density at radius 1 is 1.00 bits per heavy atom. The summed E-state index contributed by atoms with van der Waals surface area (Å²) in [5.74, 6) is 1.24. The van der Waals surface area contributed by atoms with Crippen LogP contribution in [0, 0.1) is 13.8 Å². The lowest BCUT2D eigenvalue weighted by Crippen LogP contribution is -1.97. The van der Waals surface area contributed by atoms with Crippen molar-refractivity contribution in [3.05, 3.63) is 46.4 Å². The monoisotopic (exact) mass is 260 g/mol. The topological polar surface area (TPSA) is 25.8 Å². The van der Waals surface area contributed by atoms with E-state index >= 15 is 0 Å². The van der Waals surface area contributed by atoms with Gasteiger partial charge in [-0.1, -0.05) is 49.7 Å². The van der Waals surface area contributed by atoms with Gasteiger partial charge < -0.3 is 0 Å². The lowest BCUT2D eigenvalue weighted by molar-refractivity contribution is 0.867. The maximum atomic E-state index is 6.10. The maximum absolute atomic E-state index is 6.10. The molecule has 0 aliphatic heterocycles. The van der Waals surface area contributed by atoms with Crippen LogP contribution in [0.3, 0.4) is 0 Å². The molecule has 2 nitrogen and oxygen atoms in total. The fourth-order valence-electron chi connectivity index (χ4n) is 1.90. The zero-order chi connectivity index (χ0) is 13.3. The molecular formula is C15H17ClN2. The van der Waals surface area contributed by atoms with Crippen LogP contribution >= 0.6 is 11.6 Å². The minimum atomic E-state index is 0.533. The Morgan fingerprint density at radius 3 is 2.17 bits per heavy atom. The Bertz CT molecular complexity index is 559. The van der Waals surface area contributed by atoms with Gasteiger partial charge in [0.05, 0.1) is 5.69 Å². The summed E-state index contributed by atoms with van der Waals surface area (Å²) < 4.78 is 0. The third-order valence-corrected chi connectivity index (χ3v) is 3.42. The van der Waals surface area contributed by atoms with Gasteiger partial charge in [0.15, 0.2) is 0 Å². The second-order valence-electron chi connectivity index (χ2n) is 4.81. The summed E-state index contributed by atoms with van der Waals surface area (Å²) in [5, 5.41) is 0.533. The summed E-state index contributed by atoms with van der Waals surface area (Å²) in [7, 11) is 0. The van der Waals surface area contributed by atoms with Gasteiger partial charge in [0, 0.05) is 11.1 Å². The molecule has 94 valence electrons. The zero-order valence-electron chi connectivity index (χ0n) is 11.2. The van der Waals surface area contributed by atoms with E-state index < -0.39 is 0 Å². The molecule has 0 amide bonds. The SMILES string of the molecule is Cc1nc(Cl)c(C)c(-c2ccc(C(C)C)cc2)n1. The van der Waals surface area contributed by atoms with Gasteiger partial charge >= 0.3 is 0 Å². The average molecular weight is 261 g/mol. The highest BCUT2D eigenvalue weighted by atomic mass is 35.5. The summed E-state index contributed by atoms with van der Waals surface area (Å²) in [5.41, 5.74) is 4.26. The van der Waals surface area contributed by atoms with Crippen LogP contribution in [0.5, 0.6) is 0 Å². The fraction of sp³-hybridized carbons (Fsp3) is 0.333. The van der Waals surface area contributed by atoms with E-state index in [-0.39, 0.29) is 0 Å². The lowest BCUT2D eigenvalue weighted by Gasteiger charge is -2.10. The summed E-state index contributed by atoms with van der Waals surface area (Å²) in [6.07, 6.45) is 0. The van der Waals surface area contributed by atoms with Crippen molar-refractivity contribution in [2.45, 2.75) is 33.6 Å². The Morgan fingerprint density at radius 2 is 1.61 bits per heavy atom. The van der Waals surface area contributed by atoms with E-state index in [1.165, 1.54) is 5.56 Å². The minimum absolute atomic E-state index is 0.533. The molecule has 0 fully saturated rings. The van der Waals surface area contributed by atoms with E-state index in [4.69, 9.17) is 11.6 Å². The Balaban J connectivity index is 2.49. The quantitative estimate of drug-likeness (QED) is 0.741. The fourth-order valence-corrected chi connectivity index (χ4v) is 2.11. The van der Waals surface area contributed by atoms with Crippen molar-refractivity contribution < 1.29 is 0 Å². The largest absolute Gasteiger partial charge is 0.233 e. The molecule has 2 rings (SSSR count). The van der Waals surface area contributed by atoms with E-state index in [9.17, 15) is 0 Å². The second-order valence-corrected chi connectivity index (χ2v) is 5.17. The van der Waals surface area contributed by atoms with Crippen molar-refractivity contribution in [1.29, 1.82) is 0 Å². The highest BCUT2D eigenvalue weighted by Crippen LogP contribution is 2.27. The van der Waals surface area contributed by atoms with E-state index in [1.807, 2.05) is 13.8 Å². The van der Waals surface area contributed by atoms with Crippen molar-refractivity contribution >= 4 is 11.6 Å². The normalized spacial score (nSPS) is 11.0. The van der Waals surface area contributed by atoms with Crippen molar-refractivity contribution in [3.63, 3.8) is 0 Å². The number of hydrogen-bond donors (Lipinski definition) is 0. The number of aryl methyl sites for hydroxylation is 1. The first kappa shape index (κ1) is 13.0. The molecule has 3 heteroatoms. The second kappa shape index (κ2) is 5.07. The van der Waals surface area contributed by atoms with Gasteiger partial charge in [-0.05, 0) is 25.3 Å². The van der Waals surface area contributed by atoms with Gasteiger partial charge in [-0.25, -0.2) is 9.97 Å². The number of aromatic nitrogens is 2. The number of rotatable bonds is 2. The molecule has 1 heterocycles. The highest BCUT2D eigenvalue weighted by Gasteiger charge is 2.09. The summed E-state index contributed by atoms with van der Waals surface area (Å²) in [6.45, 7) is 8.18. The van der Waals surface area contributed by atoms with Crippen LogP contribution in [0.4, 0.5) is 0 Å². The first-order chi connectivity index (χ1) is 8.49. The molecule has 0 spiro atoms. The van der Waals surface area contributed by atoms with E-state index in [0.717, 1.165) is 16.8 Å². The predicted octanol–water partition coefficient (Wildman–Crippen LogP) is 4.54. The molecule has 1 aromatic heterocycles. The van der Waals surface area contributed by atoms with Crippen LogP contribution < -0.4 is 0 Å². The molecule has 2 aromatic rings. The third kappa shape index (κ3) is 2.54. The molecule has 0 radical (unpaired) electrons. The third-order valence-electron chi connectivity index (χ3n) is 3.05. The Hall–Kier alpha value is -1.41. The molecular weight excluding hydrogens is 244 g/mol. The Labute approximate surface area is 113 Å². The van der Waals surface area contributed by atoms with Gasteiger partial charge in [0.1, 0.15) is 11.0 Å². The highest BCUT2D eigenvalue weighted by molar-refractivity contribution is 6.30. The molecule has 0 saturated carbocycles. The van der Waals surface area contributed by atoms with E-state index in [2.05, 4.69) is 48.1 Å². The van der Waals surface area contributed by atoms with E-state index in [0.29, 0.717) is 16.9 Å². The van der Waals surface area contributed by atoms with Crippen LogP contribution in [0.25, 0.3) is 11.3 Å².